The van der Waals surface area contributed by atoms with Gasteiger partial charge in [0.05, 0.1) is 17.5 Å². The van der Waals surface area contributed by atoms with E-state index in [1.807, 2.05) is 6.07 Å². The summed E-state index contributed by atoms with van der Waals surface area (Å²) in [6, 6.07) is 4.82. The van der Waals surface area contributed by atoms with E-state index < -0.39 is 5.82 Å². The summed E-state index contributed by atoms with van der Waals surface area (Å²) >= 11 is 8.63. The quantitative estimate of drug-likeness (QED) is 0.700. The molecule has 1 aromatic rings. The zero-order valence-corrected chi connectivity index (χ0v) is 8.28. The van der Waals surface area contributed by atoms with E-state index in [9.17, 15) is 4.39 Å². The number of nitriles is 1. The molecule has 0 N–H and O–H groups in total. The van der Waals surface area contributed by atoms with Gasteiger partial charge in [-0.1, -0.05) is 11.6 Å². The van der Waals surface area contributed by atoms with Gasteiger partial charge in [0.15, 0.2) is 0 Å². The normalized spacial score (nSPS) is 9.50. The molecule has 1 nitrogen and oxygen atoms in total. The SMILES string of the molecule is N#CCc1cc(F)c(Cl)c(Br)c1. The fraction of sp³-hybridized carbons (Fsp3) is 0.125. The fourth-order valence-electron chi connectivity index (χ4n) is 0.801. The summed E-state index contributed by atoms with van der Waals surface area (Å²) in [6.07, 6.45) is 0.187. The Morgan fingerprint density at radius 3 is 2.75 bits per heavy atom. The highest BCUT2D eigenvalue weighted by molar-refractivity contribution is 9.10. The summed E-state index contributed by atoms with van der Waals surface area (Å²) in [5, 5.41) is 8.40. The van der Waals surface area contributed by atoms with Crippen molar-refractivity contribution < 1.29 is 4.39 Å². The maximum absolute atomic E-state index is 12.9. The highest BCUT2D eigenvalue weighted by Gasteiger charge is 2.05. The molecule has 1 aromatic carbocycles. The van der Waals surface area contributed by atoms with Crippen LogP contribution in [0.15, 0.2) is 16.6 Å². The Morgan fingerprint density at radius 1 is 1.58 bits per heavy atom. The summed E-state index contributed by atoms with van der Waals surface area (Å²) in [6.45, 7) is 0. The zero-order chi connectivity index (χ0) is 9.14. The van der Waals surface area contributed by atoms with Gasteiger partial charge < -0.3 is 0 Å². The van der Waals surface area contributed by atoms with E-state index in [1.54, 1.807) is 6.07 Å². The molecule has 0 unspecified atom stereocenters. The average Bonchev–Trinajstić information content (AvgIpc) is 2.01. The van der Waals surface area contributed by atoms with Gasteiger partial charge in [-0.2, -0.15) is 5.26 Å². The van der Waals surface area contributed by atoms with Crippen molar-refractivity contribution in [1.29, 1.82) is 5.26 Å². The second-order valence-corrected chi connectivity index (χ2v) is 3.44. The molecule has 0 amide bonds. The molecule has 0 radical (unpaired) electrons. The Morgan fingerprint density at radius 2 is 2.25 bits per heavy atom. The molecule has 0 atom stereocenters. The molecule has 0 heterocycles. The first-order chi connectivity index (χ1) is 5.65. The highest BCUT2D eigenvalue weighted by Crippen LogP contribution is 2.26. The maximum Gasteiger partial charge on any atom is 0.143 e. The minimum Gasteiger partial charge on any atom is -0.205 e. The Labute approximate surface area is 82.9 Å². The molecule has 0 aliphatic heterocycles. The van der Waals surface area contributed by atoms with Crippen LogP contribution in [-0.4, -0.2) is 0 Å². The molecule has 0 aliphatic carbocycles. The van der Waals surface area contributed by atoms with Crippen LogP contribution in [0.5, 0.6) is 0 Å². The lowest BCUT2D eigenvalue weighted by Crippen LogP contribution is -1.86. The van der Waals surface area contributed by atoms with Gasteiger partial charge in [0.1, 0.15) is 5.82 Å². The van der Waals surface area contributed by atoms with Gasteiger partial charge in [0.25, 0.3) is 0 Å². The first-order valence-corrected chi connectivity index (χ1v) is 4.32. The molecule has 0 saturated heterocycles. The van der Waals surface area contributed by atoms with Gasteiger partial charge in [-0.05, 0) is 33.6 Å². The van der Waals surface area contributed by atoms with E-state index in [0.29, 0.717) is 10.0 Å². The molecule has 62 valence electrons. The van der Waals surface area contributed by atoms with Crippen LogP contribution in [0.1, 0.15) is 5.56 Å². The molecule has 0 saturated carbocycles. The maximum atomic E-state index is 12.9. The summed E-state index contributed by atoms with van der Waals surface area (Å²) < 4.78 is 13.4. The number of halogens is 3. The van der Waals surface area contributed by atoms with Crippen LogP contribution in [0, 0.1) is 17.1 Å². The molecule has 0 bridgehead atoms. The number of hydrogen-bond donors (Lipinski definition) is 0. The van der Waals surface area contributed by atoms with Gasteiger partial charge in [-0.3, -0.25) is 0 Å². The fourth-order valence-corrected chi connectivity index (χ4v) is 1.39. The third kappa shape index (κ3) is 1.96. The van der Waals surface area contributed by atoms with E-state index in [-0.39, 0.29) is 11.4 Å². The molecule has 12 heavy (non-hydrogen) atoms. The van der Waals surface area contributed by atoms with Crippen LogP contribution < -0.4 is 0 Å². The van der Waals surface area contributed by atoms with Crippen LogP contribution in [-0.2, 0) is 6.42 Å². The predicted octanol–water partition coefficient (Wildman–Crippen LogP) is 3.31. The summed E-state index contributed by atoms with van der Waals surface area (Å²) in [5.41, 5.74) is 0.617. The van der Waals surface area contributed by atoms with Crippen molar-refractivity contribution in [3.05, 3.63) is 33.0 Å². The summed E-state index contributed by atoms with van der Waals surface area (Å²) in [7, 11) is 0. The van der Waals surface area contributed by atoms with Gasteiger partial charge in [0.2, 0.25) is 0 Å². The largest absolute Gasteiger partial charge is 0.205 e. The second kappa shape index (κ2) is 3.88. The zero-order valence-electron chi connectivity index (χ0n) is 5.94. The number of hydrogen-bond acceptors (Lipinski definition) is 1. The number of nitrogens with zero attached hydrogens (tertiary/aromatic N) is 1. The van der Waals surface area contributed by atoms with E-state index in [4.69, 9.17) is 16.9 Å². The van der Waals surface area contributed by atoms with Gasteiger partial charge in [0, 0.05) is 4.47 Å². The van der Waals surface area contributed by atoms with Crippen molar-refractivity contribution in [2.24, 2.45) is 0 Å². The lowest BCUT2D eigenvalue weighted by Gasteiger charge is -2.00. The molecule has 1 rings (SSSR count). The third-order valence-corrected chi connectivity index (χ3v) is 2.56. The van der Waals surface area contributed by atoms with Crippen molar-refractivity contribution in [3.8, 4) is 6.07 Å². The molecule has 0 aromatic heterocycles. The number of benzene rings is 1. The molecule has 0 fully saturated rings. The van der Waals surface area contributed by atoms with Crippen molar-refractivity contribution in [2.75, 3.05) is 0 Å². The molecular weight excluding hydrogens is 244 g/mol. The smallest absolute Gasteiger partial charge is 0.143 e. The molecular formula is C8H4BrClFN. The second-order valence-electron chi connectivity index (χ2n) is 2.21. The first-order valence-electron chi connectivity index (χ1n) is 3.15. The Bertz CT molecular complexity index is 322. The van der Waals surface area contributed by atoms with Crippen molar-refractivity contribution in [1.82, 2.24) is 0 Å². The van der Waals surface area contributed by atoms with Crippen LogP contribution in [0.25, 0.3) is 0 Å². The van der Waals surface area contributed by atoms with Crippen LogP contribution >= 0.6 is 27.5 Å². The predicted molar refractivity (Wildman–Crippen MR) is 48.4 cm³/mol. The number of rotatable bonds is 1. The Kier molecular flexibility index (Phi) is 3.07. The average molecular weight is 248 g/mol. The topological polar surface area (TPSA) is 23.8 Å². The minimum absolute atomic E-state index is 0.0525. The molecule has 0 aliphatic rings. The van der Waals surface area contributed by atoms with Gasteiger partial charge >= 0.3 is 0 Å². The standard InChI is InChI=1S/C8H4BrClFN/c9-6-3-5(1-2-12)4-7(11)8(6)10/h3-4H,1H2. The molecule has 0 spiro atoms. The summed E-state index contributed by atoms with van der Waals surface area (Å²) in [4.78, 5) is 0. The Hall–Kier alpha value is -0.590. The van der Waals surface area contributed by atoms with Crippen LogP contribution in [0.3, 0.4) is 0 Å². The van der Waals surface area contributed by atoms with Gasteiger partial charge in [-0.15, -0.1) is 0 Å². The lowest BCUT2D eigenvalue weighted by molar-refractivity contribution is 0.625. The van der Waals surface area contributed by atoms with Crippen molar-refractivity contribution in [3.63, 3.8) is 0 Å². The van der Waals surface area contributed by atoms with E-state index in [1.165, 1.54) is 6.07 Å². The Balaban J connectivity index is 3.14. The van der Waals surface area contributed by atoms with E-state index >= 15 is 0 Å². The lowest BCUT2D eigenvalue weighted by atomic mass is 10.2. The monoisotopic (exact) mass is 247 g/mol. The van der Waals surface area contributed by atoms with E-state index in [0.717, 1.165) is 0 Å². The van der Waals surface area contributed by atoms with E-state index in [2.05, 4.69) is 15.9 Å². The minimum atomic E-state index is -0.503. The van der Waals surface area contributed by atoms with Crippen molar-refractivity contribution in [2.45, 2.75) is 6.42 Å². The van der Waals surface area contributed by atoms with Gasteiger partial charge in [-0.25, -0.2) is 4.39 Å². The molecule has 4 heteroatoms. The first kappa shape index (κ1) is 9.50. The van der Waals surface area contributed by atoms with Crippen molar-refractivity contribution >= 4 is 27.5 Å². The van der Waals surface area contributed by atoms with Crippen LogP contribution in [0.4, 0.5) is 4.39 Å². The third-order valence-electron chi connectivity index (χ3n) is 1.33. The summed E-state index contributed by atoms with van der Waals surface area (Å²) in [5.74, 6) is -0.503. The van der Waals surface area contributed by atoms with Crippen LogP contribution in [0.2, 0.25) is 5.02 Å². The highest BCUT2D eigenvalue weighted by atomic mass is 79.9.